The average molecular weight is 297 g/mol. The molecule has 0 unspecified atom stereocenters. The summed E-state index contributed by atoms with van der Waals surface area (Å²) < 4.78 is 11.3. The van der Waals surface area contributed by atoms with E-state index in [9.17, 15) is 9.90 Å². The molecule has 1 N–H and O–H groups in total. The van der Waals surface area contributed by atoms with Crippen LogP contribution < -0.4 is 9.47 Å². The summed E-state index contributed by atoms with van der Waals surface area (Å²) in [5.41, 5.74) is -0.213. The first kappa shape index (κ1) is 13.6. The van der Waals surface area contributed by atoms with E-state index in [1.807, 2.05) is 0 Å². The minimum absolute atomic E-state index is 0.176. The summed E-state index contributed by atoms with van der Waals surface area (Å²) in [5, 5.41) is 10.1. The summed E-state index contributed by atoms with van der Waals surface area (Å²) >= 11 is 6.12. The van der Waals surface area contributed by atoms with Crippen molar-refractivity contribution in [1.82, 2.24) is 0 Å². The first-order valence-corrected chi connectivity index (χ1v) is 7.23. The van der Waals surface area contributed by atoms with Crippen LogP contribution in [0.4, 0.5) is 0 Å². The van der Waals surface area contributed by atoms with E-state index in [1.165, 1.54) is 0 Å². The molecule has 0 saturated heterocycles. The predicted molar refractivity (Wildman–Crippen MR) is 74.8 cm³/mol. The molecular formula is C15H17ClO4. The third-order valence-electron chi connectivity index (χ3n) is 4.18. The van der Waals surface area contributed by atoms with Gasteiger partial charge in [0.25, 0.3) is 0 Å². The number of ether oxygens (including phenoxy) is 2. The normalized spacial score (nSPS) is 20.1. The number of rotatable bonds is 5. The molecule has 1 aromatic rings. The molecule has 0 bridgehead atoms. The number of carboxylic acid groups (broad SMARTS) is 1. The van der Waals surface area contributed by atoms with Gasteiger partial charge in [0.1, 0.15) is 0 Å². The van der Waals surface area contributed by atoms with Crippen LogP contribution in [0.25, 0.3) is 0 Å². The van der Waals surface area contributed by atoms with Gasteiger partial charge >= 0.3 is 5.97 Å². The van der Waals surface area contributed by atoms with E-state index >= 15 is 0 Å². The number of benzene rings is 1. The molecule has 0 aliphatic heterocycles. The molecule has 0 heterocycles. The van der Waals surface area contributed by atoms with Gasteiger partial charge in [0.15, 0.2) is 11.5 Å². The number of hydrogen-bond acceptors (Lipinski definition) is 3. The lowest BCUT2D eigenvalue weighted by molar-refractivity contribution is -0.147. The zero-order valence-corrected chi connectivity index (χ0v) is 12.1. The summed E-state index contributed by atoms with van der Waals surface area (Å²) in [6.07, 6.45) is 4.33. The van der Waals surface area contributed by atoms with Crippen LogP contribution in [0.3, 0.4) is 0 Å². The zero-order valence-electron chi connectivity index (χ0n) is 11.3. The number of hydrogen-bond donors (Lipinski definition) is 1. The summed E-state index contributed by atoms with van der Waals surface area (Å²) in [7, 11) is 1.55. The van der Waals surface area contributed by atoms with Crippen LogP contribution in [-0.4, -0.2) is 24.3 Å². The molecule has 5 heteroatoms. The first-order valence-electron chi connectivity index (χ1n) is 6.85. The van der Waals surface area contributed by atoms with Crippen molar-refractivity contribution in [3.8, 4) is 11.5 Å². The average Bonchev–Trinajstić information content (AvgIpc) is 3.13. The third kappa shape index (κ3) is 2.12. The van der Waals surface area contributed by atoms with E-state index in [1.54, 1.807) is 19.2 Å². The van der Waals surface area contributed by atoms with Crippen LogP contribution in [0.2, 0.25) is 5.02 Å². The van der Waals surface area contributed by atoms with E-state index < -0.39 is 11.4 Å². The van der Waals surface area contributed by atoms with Gasteiger partial charge in [-0.1, -0.05) is 18.0 Å². The largest absolute Gasteiger partial charge is 0.493 e. The molecule has 2 fully saturated rings. The van der Waals surface area contributed by atoms with Gasteiger partial charge < -0.3 is 14.6 Å². The monoisotopic (exact) mass is 296 g/mol. The van der Waals surface area contributed by atoms with Gasteiger partial charge in [0.05, 0.1) is 18.6 Å². The Hall–Kier alpha value is -1.42. The topological polar surface area (TPSA) is 55.8 Å². The molecule has 0 spiro atoms. The fourth-order valence-electron chi connectivity index (χ4n) is 2.68. The van der Waals surface area contributed by atoms with E-state index in [2.05, 4.69) is 0 Å². The maximum atomic E-state index is 11.7. The van der Waals surface area contributed by atoms with E-state index in [0.29, 0.717) is 34.9 Å². The van der Waals surface area contributed by atoms with Crippen LogP contribution in [-0.2, 0) is 10.2 Å². The molecule has 3 rings (SSSR count). The lowest BCUT2D eigenvalue weighted by atomic mass is 9.64. The highest BCUT2D eigenvalue weighted by Crippen LogP contribution is 2.51. The Bertz CT molecular complexity index is 547. The van der Waals surface area contributed by atoms with E-state index in [0.717, 1.165) is 19.3 Å². The van der Waals surface area contributed by atoms with Gasteiger partial charge in [-0.05, 0) is 31.7 Å². The van der Waals surface area contributed by atoms with Gasteiger partial charge in [0.2, 0.25) is 0 Å². The zero-order chi connectivity index (χ0) is 14.3. The summed E-state index contributed by atoms with van der Waals surface area (Å²) in [6, 6.07) is 3.39. The number of methoxy groups -OCH3 is 1. The molecular weight excluding hydrogens is 280 g/mol. The van der Waals surface area contributed by atoms with Crippen molar-refractivity contribution >= 4 is 17.6 Å². The van der Waals surface area contributed by atoms with Crippen LogP contribution in [0.5, 0.6) is 11.5 Å². The number of aliphatic carboxylic acids is 1. The Kier molecular flexibility index (Phi) is 3.28. The quantitative estimate of drug-likeness (QED) is 0.905. The maximum Gasteiger partial charge on any atom is 0.314 e. The standard InChI is InChI=1S/C15H17ClO4/c1-19-12-8-9(16)7-11(13(12)20-10-3-4-10)15(14(17)18)5-2-6-15/h7-8,10H,2-6H2,1H3,(H,17,18). The van der Waals surface area contributed by atoms with Crippen molar-refractivity contribution in [2.45, 2.75) is 43.6 Å². The number of carboxylic acids is 1. The molecule has 20 heavy (non-hydrogen) atoms. The highest BCUT2D eigenvalue weighted by molar-refractivity contribution is 6.31. The van der Waals surface area contributed by atoms with Crippen molar-refractivity contribution in [1.29, 1.82) is 0 Å². The van der Waals surface area contributed by atoms with Gasteiger partial charge in [-0.2, -0.15) is 0 Å². The molecule has 2 aliphatic rings. The van der Waals surface area contributed by atoms with Crippen molar-refractivity contribution in [2.75, 3.05) is 7.11 Å². The minimum Gasteiger partial charge on any atom is -0.493 e. The van der Waals surface area contributed by atoms with Crippen LogP contribution in [0.1, 0.15) is 37.7 Å². The molecule has 1 aromatic carbocycles. The Morgan fingerprint density at radius 1 is 1.40 bits per heavy atom. The van der Waals surface area contributed by atoms with E-state index in [4.69, 9.17) is 21.1 Å². The highest BCUT2D eigenvalue weighted by atomic mass is 35.5. The fourth-order valence-corrected chi connectivity index (χ4v) is 2.89. The minimum atomic E-state index is -0.873. The third-order valence-corrected chi connectivity index (χ3v) is 4.40. The predicted octanol–water partition coefficient (Wildman–Crippen LogP) is 3.40. The van der Waals surface area contributed by atoms with Crippen molar-refractivity contribution in [3.63, 3.8) is 0 Å². The Labute approximate surface area is 122 Å². The summed E-state index contributed by atoms with van der Waals surface area (Å²) in [4.78, 5) is 11.7. The Morgan fingerprint density at radius 3 is 2.55 bits per heavy atom. The lowest BCUT2D eigenvalue weighted by Gasteiger charge is -2.39. The van der Waals surface area contributed by atoms with Gasteiger partial charge in [0, 0.05) is 16.7 Å². The molecule has 0 atom stereocenters. The van der Waals surface area contributed by atoms with Crippen LogP contribution in [0.15, 0.2) is 12.1 Å². The molecule has 2 aliphatic carbocycles. The second-order valence-electron chi connectivity index (χ2n) is 5.54. The summed E-state index contributed by atoms with van der Waals surface area (Å²) in [6.45, 7) is 0. The van der Waals surface area contributed by atoms with Crippen molar-refractivity contribution < 1.29 is 19.4 Å². The Morgan fingerprint density at radius 2 is 2.10 bits per heavy atom. The van der Waals surface area contributed by atoms with Crippen LogP contribution in [0, 0.1) is 0 Å². The SMILES string of the molecule is COc1cc(Cl)cc(C2(C(=O)O)CCC2)c1OC1CC1. The molecule has 2 saturated carbocycles. The van der Waals surface area contributed by atoms with Gasteiger partial charge in [-0.25, -0.2) is 0 Å². The second kappa shape index (κ2) is 4.85. The van der Waals surface area contributed by atoms with Gasteiger partial charge in [-0.15, -0.1) is 0 Å². The van der Waals surface area contributed by atoms with Crippen molar-refractivity contribution in [3.05, 3.63) is 22.7 Å². The van der Waals surface area contributed by atoms with Crippen LogP contribution >= 0.6 is 11.6 Å². The van der Waals surface area contributed by atoms with Gasteiger partial charge in [-0.3, -0.25) is 4.79 Å². The smallest absolute Gasteiger partial charge is 0.314 e. The van der Waals surface area contributed by atoms with E-state index in [-0.39, 0.29) is 6.10 Å². The highest BCUT2D eigenvalue weighted by Gasteiger charge is 2.49. The molecule has 4 nitrogen and oxygen atoms in total. The maximum absolute atomic E-state index is 11.7. The molecule has 0 aromatic heterocycles. The van der Waals surface area contributed by atoms with Crippen molar-refractivity contribution in [2.24, 2.45) is 0 Å². The molecule has 0 amide bonds. The number of carbonyl (C=O) groups is 1. The molecule has 0 radical (unpaired) electrons. The Balaban J connectivity index is 2.11. The number of halogens is 1. The molecule has 108 valence electrons. The fraction of sp³-hybridized carbons (Fsp3) is 0.533. The second-order valence-corrected chi connectivity index (χ2v) is 5.98. The lowest BCUT2D eigenvalue weighted by Crippen LogP contribution is -2.42. The first-order chi connectivity index (χ1) is 9.56. The summed E-state index contributed by atoms with van der Waals surface area (Å²) in [5.74, 6) is 0.266.